The molecule has 0 aliphatic heterocycles. The Bertz CT molecular complexity index is 299. The average molecular weight is 250 g/mol. The fourth-order valence-electron chi connectivity index (χ4n) is 1.13. The summed E-state index contributed by atoms with van der Waals surface area (Å²) in [4.78, 5) is 22.3. The Kier molecular flexibility index (Phi) is 10.3. The summed E-state index contributed by atoms with van der Waals surface area (Å²) in [6.07, 6.45) is 12.7. The lowest BCUT2D eigenvalue weighted by Gasteiger charge is -2.03. The molecule has 0 unspecified atom stereocenters. The molecule has 0 aliphatic carbocycles. The van der Waals surface area contributed by atoms with Gasteiger partial charge >= 0.3 is 11.9 Å². The van der Waals surface area contributed by atoms with Crippen LogP contribution in [-0.2, 0) is 19.1 Å². The van der Waals surface area contributed by atoms with Crippen LogP contribution in [0.5, 0.6) is 0 Å². The van der Waals surface area contributed by atoms with E-state index in [1.54, 1.807) is 0 Å². The van der Waals surface area contributed by atoms with Crippen LogP contribution in [0.25, 0.3) is 0 Å². The standard InChI is InChI=1S/C14H18O4/c1-3-5-11-17-13(15)9-7-8-10-14(16)18-12-6-4-2/h1-2H,5-12H2. The zero-order chi connectivity index (χ0) is 13.6. The fourth-order valence-corrected chi connectivity index (χ4v) is 1.13. The van der Waals surface area contributed by atoms with Crippen molar-refractivity contribution < 1.29 is 19.1 Å². The van der Waals surface area contributed by atoms with Crippen LogP contribution in [0, 0.1) is 24.7 Å². The van der Waals surface area contributed by atoms with Crippen LogP contribution in [0.3, 0.4) is 0 Å². The number of rotatable bonds is 9. The molecule has 0 fully saturated rings. The highest BCUT2D eigenvalue weighted by Crippen LogP contribution is 2.03. The molecule has 0 rings (SSSR count). The van der Waals surface area contributed by atoms with E-state index < -0.39 is 0 Å². The molecule has 0 heterocycles. The largest absolute Gasteiger partial charge is 0.465 e. The van der Waals surface area contributed by atoms with E-state index in [1.807, 2.05) is 0 Å². The number of hydrogen-bond donors (Lipinski definition) is 0. The molecule has 18 heavy (non-hydrogen) atoms. The Morgan fingerprint density at radius 2 is 1.22 bits per heavy atom. The maximum atomic E-state index is 11.1. The van der Waals surface area contributed by atoms with Gasteiger partial charge in [-0.05, 0) is 12.8 Å². The van der Waals surface area contributed by atoms with Gasteiger partial charge in [0.1, 0.15) is 13.2 Å². The molecule has 0 N–H and O–H groups in total. The zero-order valence-corrected chi connectivity index (χ0v) is 10.4. The second-order valence-electron chi connectivity index (χ2n) is 3.56. The smallest absolute Gasteiger partial charge is 0.305 e. The van der Waals surface area contributed by atoms with Crippen molar-refractivity contribution in [1.29, 1.82) is 0 Å². The van der Waals surface area contributed by atoms with Crippen molar-refractivity contribution in [1.82, 2.24) is 0 Å². The Labute approximate surface area is 108 Å². The highest BCUT2D eigenvalue weighted by atomic mass is 16.5. The van der Waals surface area contributed by atoms with Crippen LogP contribution in [0.2, 0.25) is 0 Å². The van der Waals surface area contributed by atoms with E-state index in [1.165, 1.54) is 0 Å². The normalized spacial score (nSPS) is 9.00. The van der Waals surface area contributed by atoms with Gasteiger partial charge in [0, 0.05) is 25.7 Å². The molecule has 4 heteroatoms. The molecule has 4 nitrogen and oxygen atoms in total. The summed E-state index contributed by atoms with van der Waals surface area (Å²) in [6, 6.07) is 0. The van der Waals surface area contributed by atoms with Gasteiger partial charge < -0.3 is 9.47 Å². The first-order chi connectivity index (χ1) is 8.70. The van der Waals surface area contributed by atoms with E-state index in [9.17, 15) is 9.59 Å². The predicted molar refractivity (Wildman–Crippen MR) is 67.3 cm³/mol. The van der Waals surface area contributed by atoms with E-state index in [0.29, 0.717) is 38.5 Å². The Morgan fingerprint density at radius 1 is 0.833 bits per heavy atom. The number of terminal acetylenes is 2. The van der Waals surface area contributed by atoms with Crippen molar-refractivity contribution in [2.24, 2.45) is 0 Å². The van der Waals surface area contributed by atoms with Gasteiger partial charge in [-0.3, -0.25) is 9.59 Å². The molecular weight excluding hydrogens is 232 g/mol. The minimum absolute atomic E-state index is 0.253. The Balaban J connectivity index is 3.39. The van der Waals surface area contributed by atoms with Crippen molar-refractivity contribution >= 4 is 11.9 Å². The third-order valence-electron chi connectivity index (χ3n) is 2.03. The molecule has 0 amide bonds. The minimum Gasteiger partial charge on any atom is -0.465 e. The molecule has 0 saturated carbocycles. The predicted octanol–water partition coefficient (Wildman–Crippen LogP) is 1.68. The lowest BCUT2D eigenvalue weighted by atomic mass is 10.2. The van der Waals surface area contributed by atoms with Crippen molar-refractivity contribution in [2.75, 3.05) is 13.2 Å². The van der Waals surface area contributed by atoms with Crippen molar-refractivity contribution in [3.8, 4) is 24.7 Å². The number of hydrogen-bond acceptors (Lipinski definition) is 4. The molecule has 0 radical (unpaired) electrons. The SMILES string of the molecule is C#CCCOC(=O)CCCCC(=O)OCCC#C. The van der Waals surface area contributed by atoms with Crippen molar-refractivity contribution in [2.45, 2.75) is 38.5 Å². The fraction of sp³-hybridized carbons (Fsp3) is 0.571. The number of unbranched alkanes of at least 4 members (excludes halogenated alkanes) is 1. The van der Waals surface area contributed by atoms with Crippen LogP contribution in [0.4, 0.5) is 0 Å². The Morgan fingerprint density at radius 3 is 1.56 bits per heavy atom. The molecule has 0 saturated heterocycles. The van der Waals surface area contributed by atoms with Crippen LogP contribution >= 0.6 is 0 Å². The molecule has 0 aromatic carbocycles. The summed E-state index contributed by atoms with van der Waals surface area (Å²) < 4.78 is 9.70. The second kappa shape index (κ2) is 11.5. The van der Waals surface area contributed by atoms with Gasteiger partial charge in [0.05, 0.1) is 0 Å². The molecule has 0 aromatic rings. The van der Waals surface area contributed by atoms with Crippen LogP contribution in [-0.4, -0.2) is 25.2 Å². The van der Waals surface area contributed by atoms with E-state index in [0.717, 1.165) is 0 Å². The number of ether oxygens (including phenoxy) is 2. The van der Waals surface area contributed by atoms with Gasteiger partial charge in [-0.1, -0.05) is 0 Å². The zero-order valence-electron chi connectivity index (χ0n) is 10.4. The number of carbonyl (C=O) groups excluding carboxylic acids is 2. The molecule has 0 atom stereocenters. The summed E-state index contributed by atoms with van der Waals surface area (Å²) >= 11 is 0. The quantitative estimate of drug-likeness (QED) is 0.355. The summed E-state index contributed by atoms with van der Waals surface area (Å²) in [5.74, 6) is 4.18. The summed E-state index contributed by atoms with van der Waals surface area (Å²) in [6.45, 7) is 0.507. The van der Waals surface area contributed by atoms with E-state index in [-0.39, 0.29) is 25.2 Å². The Hall–Kier alpha value is -1.94. The third-order valence-corrected chi connectivity index (χ3v) is 2.03. The van der Waals surface area contributed by atoms with Crippen molar-refractivity contribution in [3.05, 3.63) is 0 Å². The van der Waals surface area contributed by atoms with Crippen LogP contribution in [0.15, 0.2) is 0 Å². The van der Waals surface area contributed by atoms with E-state index >= 15 is 0 Å². The van der Waals surface area contributed by atoms with E-state index in [4.69, 9.17) is 22.3 Å². The van der Waals surface area contributed by atoms with Gasteiger partial charge in [-0.2, -0.15) is 0 Å². The second-order valence-corrected chi connectivity index (χ2v) is 3.56. The highest BCUT2D eigenvalue weighted by Gasteiger charge is 2.05. The molecule has 0 aromatic heterocycles. The lowest BCUT2D eigenvalue weighted by Crippen LogP contribution is -2.07. The highest BCUT2D eigenvalue weighted by molar-refractivity contribution is 5.70. The number of esters is 2. The summed E-state index contributed by atoms with van der Waals surface area (Å²) in [7, 11) is 0. The van der Waals surface area contributed by atoms with E-state index in [2.05, 4.69) is 11.8 Å². The average Bonchev–Trinajstić information content (AvgIpc) is 2.35. The lowest BCUT2D eigenvalue weighted by molar-refractivity contribution is -0.145. The minimum atomic E-state index is -0.286. The first kappa shape index (κ1) is 16.1. The molecule has 98 valence electrons. The van der Waals surface area contributed by atoms with Crippen LogP contribution in [0.1, 0.15) is 38.5 Å². The topological polar surface area (TPSA) is 52.6 Å². The summed E-state index contributed by atoms with van der Waals surface area (Å²) in [5.41, 5.74) is 0. The van der Waals surface area contributed by atoms with Crippen LogP contribution < -0.4 is 0 Å². The molecule has 0 spiro atoms. The first-order valence-electron chi connectivity index (χ1n) is 5.89. The first-order valence-corrected chi connectivity index (χ1v) is 5.89. The van der Waals surface area contributed by atoms with Gasteiger partial charge in [-0.25, -0.2) is 0 Å². The number of carbonyl (C=O) groups is 2. The van der Waals surface area contributed by atoms with Crippen molar-refractivity contribution in [3.63, 3.8) is 0 Å². The summed E-state index contributed by atoms with van der Waals surface area (Å²) in [5, 5.41) is 0. The van der Waals surface area contributed by atoms with Gasteiger partial charge in [0.25, 0.3) is 0 Å². The molecular formula is C14H18O4. The molecule has 0 aliphatic rings. The monoisotopic (exact) mass is 250 g/mol. The maximum absolute atomic E-state index is 11.1. The molecule has 0 bridgehead atoms. The van der Waals surface area contributed by atoms with Gasteiger partial charge in [-0.15, -0.1) is 24.7 Å². The third kappa shape index (κ3) is 10.6. The van der Waals surface area contributed by atoms with Gasteiger partial charge in [0.15, 0.2) is 0 Å². The van der Waals surface area contributed by atoms with Gasteiger partial charge in [0.2, 0.25) is 0 Å². The maximum Gasteiger partial charge on any atom is 0.305 e.